The van der Waals surface area contributed by atoms with Crippen molar-refractivity contribution >= 4 is 28.5 Å². The predicted molar refractivity (Wildman–Crippen MR) is 108 cm³/mol. The summed E-state index contributed by atoms with van der Waals surface area (Å²) in [4.78, 5) is 39.1. The van der Waals surface area contributed by atoms with Crippen LogP contribution in [0.5, 0.6) is 0 Å². The molecule has 31 heavy (non-hydrogen) atoms. The van der Waals surface area contributed by atoms with Crippen molar-refractivity contribution in [1.82, 2.24) is 10.2 Å². The van der Waals surface area contributed by atoms with Crippen LogP contribution in [0.4, 0.5) is 13.2 Å². The maximum atomic E-state index is 12.9. The van der Waals surface area contributed by atoms with E-state index < -0.39 is 30.0 Å². The minimum absolute atomic E-state index is 0.0378. The van der Waals surface area contributed by atoms with Crippen LogP contribution in [0.25, 0.3) is 10.8 Å². The molecule has 2 unspecified atom stereocenters. The molecule has 0 aromatic heterocycles. The monoisotopic (exact) mass is 432 g/mol. The summed E-state index contributed by atoms with van der Waals surface area (Å²) in [5.74, 6) is -2.52. The first kappa shape index (κ1) is 21.3. The van der Waals surface area contributed by atoms with Gasteiger partial charge < -0.3 is 5.32 Å². The second kappa shape index (κ2) is 8.32. The van der Waals surface area contributed by atoms with Gasteiger partial charge in [0.1, 0.15) is 0 Å². The average molecular weight is 432 g/mol. The minimum atomic E-state index is -4.24. The van der Waals surface area contributed by atoms with Crippen LogP contribution in [0.15, 0.2) is 36.4 Å². The highest BCUT2D eigenvalue weighted by Gasteiger charge is 2.42. The number of imide groups is 1. The van der Waals surface area contributed by atoms with Gasteiger partial charge in [-0.15, -0.1) is 0 Å². The number of alkyl halides is 3. The van der Waals surface area contributed by atoms with Crippen molar-refractivity contribution in [3.8, 4) is 0 Å². The number of halogens is 3. The van der Waals surface area contributed by atoms with Gasteiger partial charge in [-0.2, -0.15) is 13.2 Å². The lowest BCUT2D eigenvalue weighted by molar-refractivity contribution is -0.184. The summed E-state index contributed by atoms with van der Waals surface area (Å²) in [5.41, 5.74) is 0.912. The summed E-state index contributed by atoms with van der Waals surface area (Å²) in [6.07, 6.45) is -2.99. The van der Waals surface area contributed by atoms with Gasteiger partial charge in [-0.1, -0.05) is 30.7 Å². The quantitative estimate of drug-likeness (QED) is 0.710. The molecule has 2 aromatic carbocycles. The lowest BCUT2D eigenvalue weighted by atomic mass is 9.85. The molecule has 1 saturated carbocycles. The van der Waals surface area contributed by atoms with Gasteiger partial charge in [0.15, 0.2) is 0 Å². The molecule has 2 aromatic rings. The van der Waals surface area contributed by atoms with Crippen LogP contribution in [-0.4, -0.2) is 41.4 Å². The zero-order valence-electron chi connectivity index (χ0n) is 16.9. The Kier molecular flexibility index (Phi) is 5.73. The van der Waals surface area contributed by atoms with Crippen LogP contribution in [0, 0.1) is 5.92 Å². The molecule has 0 spiro atoms. The van der Waals surface area contributed by atoms with Crippen molar-refractivity contribution in [2.45, 2.75) is 50.7 Å². The number of carbonyl (C=O) groups excluding carboxylic acids is 3. The number of nitrogens with one attached hydrogen (secondary N) is 1. The lowest BCUT2D eigenvalue weighted by Gasteiger charge is -2.31. The summed E-state index contributed by atoms with van der Waals surface area (Å²) >= 11 is 0. The summed E-state index contributed by atoms with van der Waals surface area (Å²) < 4.78 is 38.8. The number of nitrogens with zero attached hydrogens (tertiary/aromatic N) is 1. The predicted octanol–water partition coefficient (Wildman–Crippen LogP) is 4.45. The summed E-state index contributed by atoms with van der Waals surface area (Å²) in [7, 11) is 0. The lowest BCUT2D eigenvalue weighted by Crippen LogP contribution is -2.43. The summed E-state index contributed by atoms with van der Waals surface area (Å²) in [6.45, 7) is 0.0751. The van der Waals surface area contributed by atoms with E-state index in [9.17, 15) is 27.6 Å². The van der Waals surface area contributed by atoms with Crippen LogP contribution >= 0.6 is 0 Å². The normalized spacial score (nSPS) is 21.5. The Bertz CT molecular complexity index is 984. The Labute approximate surface area is 177 Å². The Balaban J connectivity index is 1.34. The SMILES string of the molecule is O=C(CCCN1C(=O)c2cccc3cccc(c23)C1=O)NC1CCCC(C(F)(F)F)C1. The molecule has 2 atom stereocenters. The molecule has 1 N–H and O–H groups in total. The van der Waals surface area contributed by atoms with Crippen molar-refractivity contribution in [1.29, 1.82) is 0 Å². The zero-order valence-corrected chi connectivity index (χ0v) is 16.9. The third-order valence-corrected chi connectivity index (χ3v) is 6.14. The van der Waals surface area contributed by atoms with Crippen molar-refractivity contribution in [2.75, 3.05) is 6.54 Å². The van der Waals surface area contributed by atoms with Gasteiger partial charge in [-0.25, -0.2) is 0 Å². The molecule has 1 fully saturated rings. The number of hydrogen-bond donors (Lipinski definition) is 1. The molecule has 164 valence electrons. The fourth-order valence-corrected chi connectivity index (χ4v) is 4.60. The summed E-state index contributed by atoms with van der Waals surface area (Å²) in [5, 5.41) is 4.15. The maximum Gasteiger partial charge on any atom is 0.391 e. The number of amides is 3. The Morgan fingerprint density at radius 1 is 1.03 bits per heavy atom. The smallest absolute Gasteiger partial charge is 0.353 e. The highest BCUT2D eigenvalue weighted by molar-refractivity contribution is 6.25. The standard InChI is InChI=1S/C23H23F3N2O3/c24-23(25,26)15-7-3-8-16(13-15)27-19(29)11-4-12-28-21(30)17-9-1-5-14-6-2-10-18(20(14)17)22(28)31/h1-2,5-6,9-10,15-16H,3-4,7-8,11-13H2,(H,27,29). The van der Waals surface area contributed by atoms with Gasteiger partial charge in [0.2, 0.25) is 5.91 Å². The highest BCUT2D eigenvalue weighted by Crippen LogP contribution is 2.37. The first-order valence-electron chi connectivity index (χ1n) is 10.5. The van der Waals surface area contributed by atoms with Crippen molar-refractivity contribution < 1.29 is 27.6 Å². The van der Waals surface area contributed by atoms with E-state index in [1.54, 1.807) is 24.3 Å². The highest BCUT2D eigenvalue weighted by atomic mass is 19.4. The molecular weight excluding hydrogens is 409 g/mol. The molecule has 0 saturated heterocycles. The molecule has 1 heterocycles. The van der Waals surface area contributed by atoms with E-state index in [1.807, 2.05) is 12.1 Å². The van der Waals surface area contributed by atoms with Gasteiger partial charge >= 0.3 is 6.18 Å². The first-order chi connectivity index (χ1) is 14.8. The number of carbonyl (C=O) groups is 3. The minimum Gasteiger partial charge on any atom is -0.353 e. The number of rotatable bonds is 5. The summed E-state index contributed by atoms with van der Waals surface area (Å²) in [6, 6.07) is 10.1. The third kappa shape index (κ3) is 4.29. The van der Waals surface area contributed by atoms with Gasteiger partial charge in [-0.3, -0.25) is 19.3 Å². The van der Waals surface area contributed by atoms with E-state index in [4.69, 9.17) is 0 Å². The molecule has 1 aliphatic carbocycles. The Hall–Kier alpha value is -2.90. The molecule has 4 rings (SSSR count). The first-order valence-corrected chi connectivity index (χ1v) is 10.5. The van der Waals surface area contributed by atoms with Crippen LogP contribution in [-0.2, 0) is 4.79 Å². The molecule has 8 heteroatoms. The van der Waals surface area contributed by atoms with Crippen LogP contribution in [0.1, 0.15) is 59.2 Å². The molecule has 3 amide bonds. The van der Waals surface area contributed by atoms with E-state index in [2.05, 4.69) is 5.32 Å². The molecular formula is C23H23F3N2O3. The molecule has 0 bridgehead atoms. The van der Waals surface area contributed by atoms with Crippen LogP contribution in [0.2, 0.25) is 0 Å². The van der Waals surface area contributed by atoms with Gasteiger partial charge in [0, 0.05) is 35.5 Å². The fraction of sp³-hybridized carbons (Fsp3) is 0.435. The van der Waals surface area contributed by atoms with E-state index in [0.717, 1.165) is 10.3 Å². The fourth-order valence-electron chi connectivity index (χ4n) is 4.60. The maximum absolute atomic E-state index is 12.9. The van der Waals surface area contributed by atoms with Gasteiger partial charge in [0.05, 0.1) is 5.92 Å². The zero-order chi connectivity index (χ0) is 22.2. The third-order valence-electron chi connectivity index (χ3n) is 6.14. The van der Waals surface area contributed by atoms with Crippen LogP contribution in [0.3, 0.4) is 0 Å². The second-order valence-electron chi connectivity index (χ2n) is 8.24. The average Bonchev–Trinajstić information content (AvgIpc) is 2.74. The number of hydrogen-bond acceptors (Lipinski definition) is 3. The topological polar surface area (TPSA) is 66.5 Å². The van der Waals surface area contributed by atoms with E-state index in [1.165, 1.54) is 0 Å². The van der Waals surface area contributed by atoms with Crippen LogP contribution < -0.4 is 5.32 Å². The number of benzene rings is 2. The van der Waals surface area contributed by atoms with E-state index >= 15 is 0 Å². The van der Waals surface area contributed by atoms with E-state index in [0.29, 0.717) is 29.4 Å². The molecule has 2 aliphatic rings. The molecule has 5 nitrogen and oxygen atoms in total. The van der Waals surface area contributed by atoms with Crippen molar-refractivity contribution in [3.05, 3.63) is 47.5 Å². The van der Waals surface area contributed by atoms with Crippen molar-refractivity contribution in [2.24, 2.45) is 5.92 Å². The second-order valence-corrected chi connectivity index (χ2v) is 8.24. The van der Waals surface area contributed by atoms with E-state index in [-0.39, 0.29) is 38.1 Å². The van der Waals surface area contributed by atoms with Gasteiger partial charge in [-0.05, 0) is 43.2 Å². The van der Waals surface area contributed by atoms with Crippen molar-refractivity contribution in [3.63, 3.8) is 0 Å². The largest absolute Gasteiger partial charge is 0.391 e. The van der Waals surface area contributed by atoms with Gasteiger partial charge in [0.25, 0.3) is 11.8 Å². The molecule has 0 radical (unpaired) electrons. The Morgan fingerprint density at radius 3 is 2.29 bits per heavy atom. The molecule has 1 aliphatic heterocycles. The Morgan fingerprint density at radius 2 is 1.68 bits per heavy atom.